The van der Waals surface area contributed by atoms with E-state index in [9.17, 15) is 19.5 Å². The maximum atomic E-state index is 11.7. The van der Waals surface area contributed by atoms with Crippen molar-refractivity contribution in [2.24, 2.45) is 5.92 Å². The van der Waals surface area contributed by atoms with Crippen molar-refractivity contribution < 1.29 is 34.4 Å². The van der Waals surface area contributed by atoms with E-state index in [4.69, 9.17) is 10.2 Å². The number of carboxylic acid groups (broad SMARTS) is 2. The second kappa shape index (κ2) is 8.86. The largest absolute Gasteiger partial charge is 0.479 e. The van der Waals surface area contributed by atoms with Crippen LogP contribution >= 0.6 is 0 Å². The van der Waals surface area contributed by atoms with Gasteiger partial charge in [0.2, 0.25) is 11.7 Å². The van der Waals surface area contributed by atoms with Gasteiger partial charge in [0, 0.05) is 0 Å². The maximum Gasteiger partial charge on any atom is 0.348 e. The molecule has 3 atom stereocenters. The van der Waals surface area contributed by atoms with Gasteiger partial charge in [-0.25, -0.2) is 9.59 Å². The molecule has 0 radical (unpaired) electrons. The molecule has 0 aliphatic carbocycles. The number of unbranched alkanes of at least 4 members (excludes halogenated alkanes) is 7. The Morgan fingerprint density at radius 3 is 2.04 bits per heavy atom. The van der Waals surface area contributed by atoms with Gasteiger partial charge in [-0.2, -0.15) is 0 Å². The second-order valence-corrected chi connectivity index (χ2v) is 6.10. The number of carbonyl (C=O) groups is 3. The molecule has 0 amide bonds. The smallest absolute Gasteiger partial charge is 0.348 e. The predicted molar refractivity (Wildman–Crippen MR) is 80.8 cm³/mol. The van der Waals surface area contributed by atoms with Crippen LogP contribution in [0, 0.1) is 5.92 Å². The van der Waals surface area contributed by atoms with Gasteiger partial charge in [0.15, 0.2) is 0 Å². The third kappa shape index (κ3) is 4.67. The van der Waals surface area contributed by atoms with Gasteiger partial charge in [0.1, 0.15) is 5.92 Å². The van der Waals surface area contributed by atoms with Crippen LogP contribution in [0.2, 0.25) is 0 Å². The number of ether oxygens (including phenoxy) is 1. The molecule has 1 aliphatic rings. The van der Waals surface area contributed by atoms with Crippen LogP contribution in [0.1, 0.15) is 64.7 Å². The summed E-state index contributed by atoms with van der Waals surface area (Å²) in [6.45, 7) is 2.15. The summed E-state index contributed by atoms with van der Waals surface area (Å²) in [5, 5.41) is 28.3. The molecule has 0 spiro atoms. The maximum absolute atomic E-state index is 11.7. The SMILES string of the molecule is CCCCCCCCCC[C@H]1C(=O)O[C@H](C(=O)O)[C@]1(O)C(=O)O. The molecule has 0 saturated carbocycles. The minimum absolute atomic E-state index is 0.111. The highest BCUT2D eigenvalue weighted by Gasteiger charge is 2.64. The van der Waals surface area contributed by atoms with Gasteiger partial charge in [0.25, 0.3) is 0 Å². The van der Waals surface area contributed by atoms with Gasteiger partial charge in [-0.05, 0) is 6.42 Å². The van der Waals surface area contributed by atoms with Crippen molar-refractivity contribution in [3.8, 4) is 0 Å². The van der Waals surface area contributed by atoms with E-state index < -0.39 is 35.5 Å². The number of carboxylic acids is 2. The average molecular weight is 330 g/mol. The molecule has 1 aliphatic heterocycles. The normalized spacial score (nSPS) is 27.0. The molecule has 23 heavy (non-hydrogen) atoms. The highest BCUT2D eigenvalue weighted by Crippen LogP contribution is 2.36. The van der Waals surface area contributed by atoms with E-state index >= 15 is 0 Å². The first-order valence-electron chi connectivity index (χ1n) is 8.24. The van der Waals surface area contributed by atoms with Crippen molar-refractivity contribution in [3.05, 3.63) is 0 Å². The molecule has 0 bridgehead atoms. The summed E-state index contributed by atoms with van der Waals surface area (Å²) in [7, 11) is 0. The zero-order chi connectivity index (χ0) is 17.5. The molecule has 132 valence electrons. The number of aliphatic hydroxyl groups is 1. The van der Waals surface area contributed by atoms with E-state index in [2.05, 4.69) is 11.7 Å². The zero-order valence-electron chi connectivity index (χ0n) is 13.5. The lowest BCUT2D eigenvalue weighted by Crippen LogP contribution is -2.54. The number of hydrogen-bond acceptors (Lipinski definition) is 5. The van der Waals surface area contributed by atoms with Gasteiger partial charge in [-0.1, -0.05) is 58.3 Å². The number of hydrogen-bond donors (Lipinski definition) is 3. The Kier molecular flexibility index (Phi) is 7.48. The van der Waals surface area contributed by atoms with Crippen molar-refractivity contribution in [1.82, 2.24) is 0 Å². The lowest BCUT2D eigenvalue weighted by Gasteiger charge is -2.24. The summed E-state index contributed by atoms with van der Waals surface area (Å²) in [5.74, 6) is -5.67. The predicted octanol–water partition coefficient (Wildman–Crippen LogP) is 1.96. The number of carbonyl (C=O) groups excluding carboxylic acids is 1. The van der Waals surface area contributed by atoms with Crippen molar-refractivity contribution in [2.45, 2.75) is 76.4 Å². The van der Waals surface area contributed by atoms with Crippen LogP contribution < -0.4 is 0 Å². The van der Waals surface area contributed by atoms with E-state index in [-0.39, 0.29) is 6.42 Å². The van der Waals surface area contributed by atoms with Gasteiger partial charge in [-0.3, -0.25) is 4.79 Å². The Balaban J connectivity index is 2.46. The van der Waals surface area contributed by atoms with E-state index in [1.54, 1.807) is 0 Å². The van der Waals surface area contributed by atoms with Crippen LogP contribution in [0.3, 0.4) is 0 Å². The summed E-state index contributed by atoms with van der Waals surface area (Å²) in [5.41, 5.74) is -2.69. The zero-order valence-corrected chi connectivity index (χ0v) is 13.5. The fourth-order valence-corrected chi connectivity index (χ4v) is 2.97. The Hall–Kier alpha value is -1.63. The average Bonchev–Trinajstić information content (AvgIpc) is 2.75. The number of rotatable bonds is 11. The summed E-state index contributed by atoms with van der Waals surface area (Å²) in [4.78, 5) is 34.0. The Morgan fingerprint density at radius 1 is 1.04 bits per heavy atom. The van der Waals surface area contributed by atoms with Gasteiger partial charge in [0.05, 0.1) is 0 Å². The minimum Gasteiger partial charge on any atom is -0.479 e. The van der Waals surface area contributed by atoms with E-state index in [1.807, 2.05) is 0 Å². The third-order valence-corrected chi connectivity index (χ3v) is 4.36. The molecule has 3 N–H and O–H groups in total. The summed E-state index contributed by atoms with van der Waals surface area (Å²) in [6.07, 6.45) is 6.23. The molecule has 1 heterocycles. The fraction of sp³-hybridized carbons (Fsp3) is 0.812. The molecule has 0 aromatic carbocycles. The molecule has 7 nitrogen and oxygen atoms in total. The van der Waals surface area contributed by atoms with Crippen LogP contribution in [0.5, 0.6) is 0 Å². The molecule has 0 aromatic heterocycles. The van der Waals surface area contributed by atoms with Gasteiger partial charge < -0.3 is 20.1 Å². The highest BCUT2D eigenvalue weighted by atomic mass is 16.6. The number of aliphatic carboxylic acids is 2. The standard InChI is InChI=1S/C16H26O7/c1-2-3-4-5-6-7-8-9-10-11-14(19)23-12(13(17)18)16(11,22)15(20)21/h11-12,22H,2-10H2,1H3,(H,17,18)(H,20,21)/t11-,12+,16-/m0/s1. The van der Waals surface area contributed by atoms with Crippen molar-refractivity contribution in [3.63, 3.8) is 0 Å². The lowest BCUT2D eigenvalue weighted by atomic mass is 9.82. The Bertz CT molecular complexity index is 434. The van der Waals surface area contributed by atoms with Crippen molar-refractivity contribution >= 4 is 17.9 Å². The first-order valence-corrected chi connectivity index (χ1v) is 8.24. The second-order valence-electron chi connectivity index (χ2n) is 6.10. The summed E-state index contributed by atoms with van der Waals surface area (Å²) in [6, 6.07) is 0. The van der Waals surface area contributed by atoms with Gasteiger partial charge in [-0.15, -0.1) is 0 Å². The molecule has 1 saturated heterocycles. The number of cyclic esters (lactones) is 1. The lowest BCUT2D eigenvalue weighted by molar-refractivity contribution is -0.179. The van der Waals surface area contributed by atoms with E-state index in [0.29, 0.717) is 6.42 Å². The number of esters is 1. The monoisotopic (exact) mass is 330 g/mol. The molecular formula is C16H26O7. The first kappa shape index (κ1) is 19.4. The minimum atomic E-state index is -2.69. The van der Waals surface area contributed by atoms with Crippen LogP contribution in [-0.4, -0.2) is 44.9 Å². The molecule has 1 fully saturated rings. The molecule has 0 aromatic rings. The van der Waals surface area contributed by atoms with Gasteiger partial charge >= 0.3 is 17.9 Å². The summed E-state index contributed by atoms with van der Waals surface area (Å²) >= 11 is 0. The highest BCUT2D eigenvalue weighted by molar-refractivity contribution is 5.97. The fourth-order valence-electron chi connectivity index (χ4n) is 2.97. The quantitative estimate of drug-likeness (QED) is 0.391. The van der Waals surface area contributed by atoms with Crippen molar-refractivity contribution in [2.75, 3.05) is 0 Å². The van der Waals surface area contributed by atoms with Crippen LogP contribution in [0.4, 0.5) is 0 Å². The van der Waals surface area contributed by atoms with Crippen LogP contribution in [0.15, 0.2) is 0 Å². The Labute approximate surface area is 135 Å². The van der Waals surface area contributed by atoms with E-state index in [1.165, 1.54) is 19.3 Å². The van der Waals surface area contributed by atoms with Crippen LogP contribution in [0.25, 0.3) is 0 Å². The molecule has 0 unspecified atom stereocenters. The molecule has 7 heteroatoms. The van der Waals surface area contributed by atoms with E-state index in [0.717, 1.165) is 25.7 Å². The van der Waals surface area contributed by atoms with Crippen LogP contribution in [-0.2, 0) is 19.1 Å². The summed E-state index contributed by atoms with van der Waals surface area (Å²) < 4.78 is 4.57. The Morgan fingerprint density at radius 2 is 1.57 bits per heavy atom. The molecule has 1 rings (SSSR count). The first-order chi connectivity index (χ1) is 10.9. The van der Waals surface area contributed by atoms with Crippen molar-refractivity contribution in [1.29, 1.82) is 0 Å². The molecular weight excluding hydrogens is 304 g/mol. The third-order valence-electron chi connectivity index (χ3n) is 4.36. The topological polar surface area (TPSA) is 121 Å².